The molecule has 0 amide bonds. The van der Waals surface area contributed by atoms with Crippen molar-refractivity contribution < 1.29 is 18.5 Å². The number of furan rings is 1. The molecule has 1 aromatic heterocycles. The van der Waals surface area contributed by atoms with Crippen molar-refractivity contribution >= 4 is 30.0 Å². The molecular formula is C26H34BNO4S. The standard InChI is InChI=1S/C26H34BNO4S/c1-26(2)17-11-20(26)25-23(12-17)31-27(32-25)24(10-15-13-29-22-6-4-3-5-19(15)22)28-33-14-16-9-18-7-8-21(16)30-18/h3-6,13,16-18,20-21,23-25,28H,7-12,14H2,1-2H3. The van der Waals surface area contributed by atoms with E-state index in [0.717, 1.165) is 30.1 Å². The SMILES string of the molecule is CC1(C)C2CC3OB(C(Cc4coc5ccccc45)NSCC4CC5CCC4O5)OC3C1C2. The Labute approximate surface area is 200 Å². The summed E-state index contributed by atoms with van der Waals surface area (Å²) in [5.41, 5.74) is 2.56. The molecule has 8 atom stereocenters. The maximum Gasteiger partial charge on any atom is 0.477 e. The van der Waals surface area contributed by atoms with Crippen molar-refractivity contribution in [2.45, 2.75) is 82.7 Å². The third kappa shape index (κ3) is 3.53. The topological polar surface area (TPSA) is 52.9 Å². The van der Waals surface area contributed by atoms with Gasteiger partial charge in [0, 0.05) is 11.1 Å². The third-order valence-corrected chi connectivity index (χ3v) is 10.6. The molecule has 6 fully saturated rings. The van der Waals surface area contributed by atoms with Gasteiger partial charge in [-0.3, -0.25) is 4.72 Å². The van der Waals surface area contributed by atoms with E-state index < -0.39 is 0 Å². The maximum atomic E-state index is 6.69. The van der Waals surface area contributed by atoms with E-state index in [0.29, 0.717) is 29.5 Å². The highest BCUT2D eigenvalue weighted by atomic mass is 32.2. The summed E-state index contributed by atoms with van der Waals surface area (Å²) in [6.45, 7) is 4.83. The fraction of sp³-hybridized carbons (Fsp3) is 0.692. The van der Waals surface area contributed by atoms with Crippen molar-refractivity contribution in [2.75, 3.05) is 5.75 Å². The van der Waals surface area contributed by atoms with Gasteiger partial charge in [0.15, 0.2) is 0 Å². The minimum absolute atomic E-state index is 0.0847. The van der Waals surface area contributed by atoms with Crippen LogP contribution in [0.4, 0.5) is 0 Å². The first-order chi connectivity index (χ1) is 16.1. The average Bonchev–Trinajstić information content (AvgIpc) is 3.61. The molecule has 1 aromatic carbocycles. The number of fused-ring (bicyclic) bond motifs is 3. The molecule has 1 N–H and O–H groups in total. The normalized spacial score (nSPS) is 39.1. The lowest BCUT2D eigenvalue weighted by atomic mass is 9.47. The fourth-order valence-corrected chi connectivity index (χ4v) is 8.42. The summed E-state index contributed by atoms with van der Waals surface area (Å²) in [7, 11) is -0.215. The van der Waals surface area contributed by atoms with Crippen LogP contribution in [0.2, 0.25) is 0 Å². The second-order valence-electron chi connectivity index (χ2n) is 11.6. The molecule has 4 bridgehead atoms. The van der Waals surface area contributed by atoms with E-state index in [2.05, 4.69) is 30.7 Å². The molecule has 3 saturated carbocycles. The summed E-state index contributed by atoms with van der Waals surface area (Å²) in [4.78, 5) is 0. The molecule has 7 heteroatoms. The van der Waals surface area contributed by atoms with Crippen LogP contribution >= 0.6 is 11.9 Å². The van der Waals surface area contributed by atoms with Gasteiger partial charge >= 0.3 is 7.12 Å². The zero-order chi connectivity index (χ0) is 22.2. The highest BCUT2D eigenvalue weighted by Crippen LogP contribution is 2.61. The van der Waals surface area contributed by atoms with Crippen molar-refractivity contribution in [3.8, 4) is 0 Å². The van der Waals surface area contributed by atoms with Crippen LogP contribution in [0, 0.1) is 23.2 Å². The summed E-state index contributed by atoms with van der Waals surface area (Å²) >= 11 is 1.84. The van der Waals surface area contributed by atoms with Gasteiger partial charge in [-0.1, -0.05) is 44.0 Å². The maximum absolute atomic E-state index is 6.69. The Morgan fingerprint density at radius 2 is 2.03 bits per heavy atom. The second kappa shape index (κ2) is 8.02. The molecule has 2 aromatic rings. The largest absolute Gasteiger partial charge is 0.477 e. The van der Waals surface area contributed by atoms with Crippen LogP contribution in [-0.2, 0) is 20.5 Å². The number of rotatable bonds is 7. The van der Waals surface area contributed by atoms with Gasteiger partial charge in [-0.25, -0.2) is 0 Å². The smallest absolute Gasteiger partial charge is 0.464 e. The minimum Gasteiger partial charge on any atom is -0.464 e. The Balaban J connectivity index is 1.07. The Kier molecular flexibility index (Phi) is 5.18. The number of ether oxygens (including phenoxy) is 1. The van der Waals surface area contributed by atoms with Gasteiger partial charge in [-0.05, 0) is 73.3 Å². The van der Waals surface area contributed by atoms with Crippen molar-refractivity contribution in [1.82, 2.24) is 4.72 Å². The van der Waals surface area contributed by atoms with E-state index in [1.54, 1.807) is 0 Å². The highest BCUT2D eigenvalue weighted by Gasteiger charge is 2.62. The van der Waals surface area contributed by atoms with Crippen LogP contribution in [0.25, 0.3) is 11.0 Å². The monoisotopic (exact) mass is 467 g/mol. The molecule has 176 valence electrons. The van der Waals surface area contributed by atoms with Gasteiger partial charge in [-0.2, -0.15) is 0 Å². The number of hydrogen-bond donors (Lipinski definition) is 1. The molecule has 4 heterocycles. The minimum atomic E-state index is -0.215. The number of nitrogens with one attached hydrogen (secondary N) is 1. The molecule has 33 heavy (non-hydrogen) atoms. The van der Waals surface area contributed by atoms with Crippen LogP contribution in [0.1, 0.15) is 51.5 Å². The van der Waals surface area contributed by atoms with Crippen LogP contribution < -0.4 is 4.72 Å². The Morgan fingerprint density at radius 3 is 2.85 bits per heavy atom. The van der Waals surface area contributed by atoms with Crippen molar-refractivity contribution in [3.63, 3.8) is 0 Å². The Hall–Kier alpha value is -0.985. The predicted octanol–water partition coefficient (Wildman–Crippen LogP) is 5.03. The quantitative estimate of drug-likeness (QED) is 0.456. The van der Waals surface area contributed by atoms with Crippen molar-refractivity contribution in [3.05, 3.63) is 36.1 Å². The summed E-state index contributed by atoms with van der Waals surface area (Å²) in [6, 6.07) is 8.30. The first-order valence-electron chi connectivity index (χ1n) is 12.8. The van der Waals surface area contributed by atoms with Gasteiger partial charge in [0.05, 0.1) is 36.6 Å². The molecule has 3 aliphatic carbocycles. The van der Waals surface area contributed by atoms with E-state index in [-0.39, 0.29) is 25.3 Å². The molecule has 5 nitrogen and oxygen atoms in total. The van der Waals surface area contributed by atoms with Gasteiger partial charge < -0.3 is 18.5 Å². The van der Waals surface area contributed by atoms with Crippen LogP contribution in [0.15, 0.2) is 34.9 Å². The summed E-state index contributed by atoms with van der Waals surface area (Å²) in [5, 5.41) is 1.19. The lowest BCUT2D eigenvalue weighted by Crippen LogP contribution is -2.59. The second-order valence-corrected chi connectivity index (χ2v) is 12.5. The zero-order valence-electron chi connectivity index (χ0n) is 19.6. The first kappa shape index (κ1) is 21.3. The van der Waals surface area contributed by atoms with Crippen LogP contribution in [0.5, 0.6) is 0 Å². The molecule has 6 aliphatic rings. The van der Waals surface area contributed by atoms with E-state index in [4.69, 9.17) is 18.5 Å². The van der Waals surface area contributed by atoms with E-state index in [9.17, 15) is 0 Å². The van der Waals surface area contributed by atoms with Gasteiger partial charge in [0.1, 0.15) is 5.58 Å². The van der Waals surface area contributed by atoms with Crippen molar-refractivity contribution in [1.29, 1.82) is 0 Å². The predicted molar refractivity (Wildman–Crippen MR) is 131 cm³/mol. The third-order valence-electron chi connectivity index (χ3n) is 9.52. The average molecular weight is 467 g/mol. The Morgan fingerprint density at radius 1 is 1.12 bits per heavy atom. The first-order valence-corrected chi connectivity index (χ1v) is 13.8. The van der Waals surface area contributed by atoms with E-state index >= 15 is 0 Å². The number of benzene rings is 1. The van der Waals surface area contributed by atoms with E-state index in [1.807, 2.05) is 30.3 Å². The molecule has 0 radical (unpaired) electrons. The molecule has 8 unspecified atom stereocenters. The molecular weight excluding hydrogens is 433 g/mol. The number of para-hydroxylation sites is 1. The van der Waals surface area contributed by atoms with E-state index in [1.165, 1.54) is 36.6 Å². The molecule has 8 rings (SSSR count). The van der Waals surface area contributed by atoms with Gasteiger partial charge in [0.25, 0.3) is 0 Å². The number of hydrogen-bond acceptors (Lipinski definition) is 6. The van der Waals surface area contributed by atoms with Crippen molar-refractivity contribution in [2.24, 2.45) is 23.2 Å². The van der Waals surface area contributed by atoms with Gasteiger partial charge in [-0.15, -0.1) is 0 Å². The summed E-state index contributed by atoms with van der Waals surface area (Å²) in [5.74, 6) is 3.24. The fourth-order valence-electron chi connectivity index (χ4n) is 7.35. The van der Waals surface area contributed by atoms with Crippen LogP contribution in [-0.4, -0.2) is 43.2 Å². The van der Waals surface area contributed by atoms with Gasteiger partial charge in [0.2, 0.25) is 0 Å². The zero-order valence-corrected chi connectivity index (χ0v) is 20.4. The molecule has 3 aliphatic heterocycles. The highest BCUT2D eigenvalue weighted by molar-refractivity contribution is 7.97. The van der Waals surface area contributed by atoms with Crippen LogP contribution in [0.3, 0.4) is 0 Å². The lowest BCUT2D eigenvalue weighted by Gasteiger charge is -2.60. The summed E-state index contributed by atoms with van der Waals surface area (Å²) < 4.78 is 29.0. The molecule has 3 saturated heterocycles. The Bertz CT molecular complexity index is 1030. The molecule has 0 spiro atoms. The summed E-state index contributed by atoms with van der Waals surface area (Å²) in [6.07, 6.45) is 10.4. The lowest BCUT2D eigenvalue weighted by molar-refractivity contribution is -0.150.